The van der Waals surface area contributed by atoms with Gasteiger partial charge in [-0.3, -0.25) is 19.2 Å². The normalized spacial score (nSPS) is 12.7. The monoisotopic (exact) mass is 634 g/mol. The predicted octanol–water partition coefficient (Wildman–Crippen LogP) is 3.39. The fourth-order valence-electron chi connectivity index (χ4n) is 4.62. The second-order valence-electron chi connectivity index (χ2n) is 9.64. The zero-order valence-electron chi connectivity index (χ0n) is 24.2. The zero-order valence-corrected chi connectivity index (χ0v) is 24.9. The summed E-state index contributed by atoms with van der Waals surface area (Å²) in [5.41, 5.74) is 6.17. The van der Waals surface area contributed by atoms with Crippen LogP contribution >= 0.6 is 11.6 Å². The fraction of sp³-hybridized carbons (Fsp3) is 0.345. The molecule has 44 heavy (non-hydrogen) atoms. The van der Waals surface area contributed by atoms with Gasteiger partial charge in [-0.05, 0) is 49.7 Å². The number of rotatable bonds is 9. The van der Waals surface area contributed by atoms with Gasteiger partial charge in [0, 0.05) is 50.9 Å². The number of nitrogens with one attached hydrogen (secondary N) is 1. The van der Waals surface area contributed by atoms with Crippen molar-refractivity contribution in [1.29, 1.82) is 0 Å². The van der Waals surface area contributed by atoms with E-state index in [0.717, 1.165) is 12.8 Å². The Morgan fingerprint density at radius 1 is 1.09 bits per heavy atom. The maximum absolute atomic E-state index is 14.6. The molecule has 12 nitrogen and oxygen atoms in total. The highest BCUT2D eigenvalue weighted by Gasteiger charge is 2.26. The molecule has 0 saturated carbocycles. The largest absolute Gasteiger partial charge is 0.494 e. The molecule has 1 saturated heterocycles. The number of carbonyl (C=O) groups excluding carboxylic acids is 3. The Kier molecular flexibility index (Phi) is 12.2. The smallest absolute Gasteiger partial charge is 0.291 e. The van der Waals surface area contributed by atoms with Gasteiger partial charge in [-0.25, -0.2) is 9.37 Å². The van der Waals surface area contributed by atoms with Crippen molar-refractivity contribution in [3.8, 4) is 17.0 Å². The third kappa shape index (κ3) is 7.88. The van der Waals surface area contributed by atoms with E-state index in [2.05, 4.69) is 10.3 Å². The number of hydrogen-bond donors (Lipinski definition) is 3. The molecule has 3 aromatic rings. The summed E-state index contributed by atoms with van der Waals surface area (Å²) in [6.07, 6.45) is 3.25. The summed E-state index contributed by atoms with van der Waals surface area (Å²) < 4.78 is 34.9. The number of aromatic nitrogens is 2. The summed E-state index contributed by atoms with van der Waals surface area (Å²) in [5, 5.41) is 9.69. The Bertz CT molecular complexity index is 1510. The van der Waals surface area contributed by atoms with Gasteiger partial charge in [0.05, 0.1) is 29.6 Å². The van der Waals surface area contributed by atoms with Crippen LogP contribution in [0, 0.1) is 11.6 Å². The number of ether oxygens (including phenoxy) is 1. The first kappa shape index (κ1) is 33.9. The molecule has 1 aromatic heterocycles. The number of nitrogens with zero attached hydrogens (tertiary/aromatic N) is 4. The Morgan fingerprint density at radius 2 is 1.75 bits per heavy atom. The van der Waals surface area contributed by atoms with E-state index in [4.69, 9.17) is 32.0 Å². The number of unbranched alkanes of at least 4 members (excludes halogenated alkanes) is 1. The number of halogens is 3. The molecule has 0 unspecified atom stereocenters. The van der Waals surface area contributed by atoms with E-state index in [1.165, 1.54) is 55.3 Å². The lowest BCUT2D eigenvalue weighted by Gasteiger charge is -2.35. The molecule has 236 valence electrons. The number of piperazine rings is 1. The average molecular weight is 635 g/mol. The molecule has 4 rings (SSSR count). The van der Waals surface area contributed by atoms with Gasteiger partial charge in [0.25, 0.3) is 18.3 Å². The summed E-state index contributed by atoms with van der Waals surface area (Å²) in [5.74, 6) is -3.39. The van der Waals surface area contributed by atoms with E-state index in [0.29, 0.717) is 44.8 Å². The Morgan fingerprint density at radius 3 is 2.36 bits per heavy atom. The minimum atomic E-state index is -1.14. The first-order valence-corrected chi connectivity index (χ1v) is 14.0. The van der Waals surface area contributed by atoms with Gasteiger partial charge in [0.1, 0.15) is 0 Å². The SMILES string of the molecule is COc1ccc(-c2cnc(C(=O)Nc3ccc(C(=O)N4CCN(C(=O)CCCCN)CC4)c(Cl)c3)n2C)c(F)c1F.O=CO. The Hall–Kier alpha value is -4.56. The topological polar surface area (TPSA) is 160 Å². The van der Waals surface area contributed by atoms with Crippen molar-refractivity contribution >= 4 is 41.5 Å². The van der Waals surface area contributed by atoms with E-state index in [1.807, 2.05) is 0 Å². The molecule has 0 spiro atoms. The Labute approximate surface area is 257 Å². The van der Waals surface area contributed by atoms with E-state index >= 15 is 0 Å². The van der Waals surface area contributed by atoms with Crippen LogP contribution in [0.2, 0.25) is 5.02 Å². The molecule has 1 fully saturated rings. The van der Waals surface area contributed by atoms with Crippen LogP contribution in [0.3, 0.4) is 0 Å². The van der Waals surface area contributed by atoms with Gasteiger partial charge < -0.3 is 35.3 Å². The maximum Gasteiger partial charge on any atom is 0.291 e. The van der Waals surface area contributed by atoms with E-state index in [1.54, 1.807) is 9.80 Å². The third-order valence-electron chi connectivity index (χ3n) is 6.96. The zero-order chi connectivity index (χ0) is 32.4. The van der Waals surface area contributed by atoms with Crippen molar-refractivity contribution < 1.29 is 37.8 Å². The van der Waals surface area contributed by atoms with Crippen molar-refractivity contribution in [2.75, 3.05) is 45.2 Å². The van der Waals surface area contributed by atoms with Crippen molar-refractivity contribution in [2.24, 2.45) is 12.8 Å². The highest BCUT2D eigenvalue weighted by molar-refractivity contribution is 6.34. The summed E-state index contributed by atoms with van der Waals surface area (Å²) in [6, 6.07) is 7.13. The minimum absolute atomic E-state index is 0.0534. The number of carbonyl (C=O) groups is 4. The molecule has 0 bridgehead atoms. The molecule has 0 atom stereocenters. The average Bonchev–Trinajstić information content (AvgIpc) is 3.39. The van der Waals surface area contributed by atoms with Crippen LogP contribution < -0.4 is 15.8 Å². The van der Waals surface area contributed by atoms with Crippen LogP contribution in [-0.2, 0) is 16.6 Å². The van der Waals surface area contributed by atoms with Gasteiger partial charge in [-0.1, -0.05) is 11.6 Å². The molecular weight excluding hydrogens is 602 g/mol. The van der Waals surface area contributed by atoms with Gasteiger partial charge in [-0.15, -0.1) is 0 Å². The molecule has 0 radical (unpaired) electrons. The number of nitrogens with two attached hydrogens (primary N) is 1. The third-order valence-corrected chi connectivity index (χ3v) is 7.27. The van der Waals surface area contributed by atoms with Gasteiger partial charge in [-0.2, -0.15) is 4.39 Å². The molecule has 3 amide bonds. The minimum Gasteiger partial charge on any atom is -0.494 e. The molecule has 1 aliphatic heterocycles. The molecular formula is C29H33ClF2N6O6. The number of amides is 3. The van der Waals surface area contributed by atoms with Crippen LogP contribution in [0.4, 0.5) is 14.5 Å². The molecule has 15 heteroatoms. The predicted molar refractivity (Wildman–Crippen MR) is 159 cm³/mol. The van der Waals surface area contributed by atoms with Crippen molar-refractivity contribution in [3.05, 3.63) is 64.6 Å². The van der Waals surface area contributed by atoms with Gasteiger partial charge >= 0.3 is 0 Å². The second-order valence-corrected chi connectivity index (χ2v) is 10.0. The van der Waals surface area contributed by atoms with E-state index in [9.17, 15) is 23.2 Å². The molecule has 0 aliphatic carbocycles. The molecule has 2 heterocycles. The van der Waals surface area contributed by atoms with Crippen LogP contribution in [0.25, 0.3) is 11.3 Å². The molecule has 1 aliphatic rings. The summed E-state index contributed by atoms with van der Waals surface area (Å²) in [4.78, 5) is 54.2. The number of carboxylic acid groups (broad SMARTS) is 1. The number of benzene rings is 2. The van der Waals surface area contributed by atoms with Crippen LogP contribution in [-0.4, -0.2) is 88.5 Å². The lowest BCUT2D eigenvalue weighted by Crippen LogP contribution is -2.50. The standard InChI is InChI=1S/C28H31ClF2N6O4.CH2O2/c1-35-21(19-8-9-22(41-2)25(31)24(19)30)16-33-26(35)27(39)34-17-6-7-18(20(29)15-17)28(40)37-13-11-36(12-14-37)23(38)5-3-4-10-32;2-1-3/h6-9,15-16H,3-5,10-14,32H2,1-2H3,(H,34,39);1H,(H,2,3). The lowest BCUT2D eigenvalue weighted by molar-refractivity contribution is -0.132. The van der Waals surface area contributed by atoms with Crippen molar-refractivity contribution in [2.45, 2.75) is 19.3 Å². The van der Waals surface area contributed by atoms with E-state index < -0.39 is 17.5 Å². The Balaban J connectivity index is 0.00000169. The number of methoxy groups -OCH3 is 1. The highest BCUT2D eigenvalue weighted by atomic mass is 35.5. The molecule has 4 N–H and O–H groups in total. The number of hydrogen-bond acceptors (Lipinski definition) is 7. The van der Waals surface area contributed by atoms with Crippen LogP contribution in [0.1, 0.15) is 40.2 Å². The van der Waals surface area contributed by atoms with Crippen LogP contribution in [0.5, 0.6) is 5.75 Å². The summed E-state index contributed by atoms with van der Waals surface area (Å²) in [7, 11) is 2.73. The molecule has 2 aromatic carbocycles. The second kappa shape index (κ2) is 15.8. The summed E-state index contributed by atoms with van der Waals surface area (Å²) in [6.45, 7) is 1.96. The first-order chi connectivity index (χ1) is 21.1. The fourth-order valence-corrected chi connectivity index (χ4v) is 4.88. The van der Waals surface area contributed by atoms with E-state index in [-0.39, 0.29) is 51.7 Å². The first-order valence-electron chi connectivity index (χ1n) is 13.6. The van der Waals surface area contributed by atoms with Gasteiger partial charge in [0.15, 0.2) is 17.4 Å². The van der Waals surface area contributed by atoms with Crippen LogP contribution in [0.15, 0.2) is 36.5 Å². The highest BCUT2D eigenvalue weighted by Crippen LogP contribution is 2.30. The number of imidazole rings is 1. The van der Waals surface area contributed by atoms with Crippen molar-refractivity contribution in [3.63, 3.8) is 0 Å². The van der Waals surface area contributed by atoms with Gasteiger partial charge in [0.2, 0.25) is 11.7 Å². The lowest BCUT2D eigenvalue weighted by atomic mass is 10.1. The summed E-state index contributed by atoms with van der Waals surface area (Å²) >= 11 is 6.41. The maximum atomic E-state index is 14.6. The van der Waals surface area contributed by atoms with Crippen molar-refractivity contribution in [1.82, 2.24) is 19.4 Å². The number of anilines is 1. The quantitative estimate of drug-likeness (QED) is 0.239.